The zero-order valence-corrected chi connectivity index (χ0v) is 10.1. The Balaban J connectivity index is 2.74. The van der Waals surface area contributed by atoms with E-state index in [1.807, 2.05) is 6.07 Å². The van der Waals surface area contributed by atoms with Crippen LogP contribution in [0.1, 0.15) is 10.7 Å². The van der Waals surface area contributed by atoms with E-state index in [0.29, 0.717) is 16.3 Å². The fraction of sp³-hybridized carbons (Fsp3) is 0.167. The van der Waals surface area contributed by atoms with Crippen molar-refractivity contribution in [3.8, 4) is 6.07 Å². The van der Waals surface area contributed by atoms with Gasteiger partial charge in [0.2, 0.25) is 0 Å². The van der Waals surface area contributed by atoms with Crippen LogP contribution in [0.5, 0.6) is 0 Å². The standard InChI is InChI=1S/C12H9F3N2S/c1-8(3-4-9(2)12(13,14)15)10-7-18-11(17-10)5-6-16/h3-4,7H,1-2,5H2/b4-3-. The van der Waals surface area contributed by atoms with Crippen molar-refractivity contribution in [2.45, 2.75) is 12.6 Å². The smallest absolute Gasteiger partial charge is 0.240 e. The molecule has 2 nitrogen and oxygen atoms in total. The predicted octanol–water partition coefficient (Wildman–Crippen LogP) is 3.90. The Kier molecular flexibility index (Phi) is 4.45. The Morgan fingerprint density at radius 1 is 1.44 bits per heavy atom. The van der Waals surface area contributed by atoms with Gasteiger partial charge < -0.3 is 0 Å². The lowest BCUT2D eigenvalue weighted by Crippen LogP contribution is -2.08. The average molecular weight is 270 g/mol. The molecule has 6 heteroatoms. The first-order valence-corrected chi connectivity index (χ1v) is 5.67. The number of hydrogen-bond acceptors (Lipinski definition) is 3. The molecule has 18 heavy (non-hydrogen) atoms. The monoisotopic (exact) mass is 270 g/mol. The molecule has 0 radical (unpaired) electrons. The zero-order valence-electron chi connectivity index (χ0n) is 9.29. The Morgan fingerprint density at radius 3 is 2.67 bits per heavy atom. The fourth-order valence-corrected chi connectivity index (χ4v) is 1.74. The maximum absolute atomic E-state index is 12.2. The summed E-state index contributed by atoms with van der Waals surface area (Å²) < 4.78 is 36.5. The topological polar surface area (TPSA) is 36.7 Å². The molecule has 0 aliphatic rings. The average Bonchev–Trinajstić information content (AvgIpc) is 2.73. The minimum absolute atomic E-state index is 0.178. The molecule has 1 aromatic rings. The van der Waals surface area contributed by atoms with Crippen LogP contribution in [0.4, 0.5) is 13.2 Å². The van der Waals surface area contributed by atoms with Crippen molar-refractivity contribution in [2.75, 3.05) is 0 Å². The van der Waals surface area contributed by atoms with E-state index in [0.717, 1.165) is 6.08 Å². The number of nitriles is 1. The Labute approximate surface area is 106 Å². The lowest BCUT2D eigenvalue weighted by Gasteiger charge is -2.04. The van der Waals surface area contributed by atoms with Crippen LogP contribution in [0.3, 0.4) is 0 Å². The van der Waals surface area contributed by atoms with Crippen LogP contribution in [0.15, 0.2) is 36.3 Å². The highest BCUT2D eigenvalue weighted by atomic mass is 32.1. The second-order valence-corrected chi connectivity index (χ2v) is 4.29. The highest BCUT2D eigenvalue weighted by Gasteiger charge is 2.29. The molecule has 94 valence electrons. The van der Waals surface area contributed by atoms with Gasteiger partial charge in [0, 0.05) is 11.0 Å². The van der Waals surface area contributed by atoms with E-state index in [9.17, 15) is 13.2 Å². The summed E-state index contributed by atoms with van der Waals surface area (Å²) in [7, 11) is 0. The van der Waals surface area contributed by atoms with Crippen LogP contribution < -0.4 is 0 Å². The van der Waals surface area contributed by atoms with Crippen molar-refractivity contribution in [3.63, 3.8) is 0 Å². The van der Waals surface area contributed by atoms with E-state index in [1.54, 1.807) is 5.38 Å². The van der Waals surface area contributed by atoms with Crippen LogP contribution in [-0.4, -0.2) is 11.2 Å². The predicted molar refractivity (Wildman–Crippen MR) is 64.8 cm³/mol. The van der Waals surface area contributed by atoms with E-state index in [2.05, 4.69) is 18.1 Å². The molecule has 0 amide bonds. The van der Waals surface area contributed by atoms with Gasteiger partial charge >= 0.3 is 6.18 Å². The van der Waals surface area contributed by atoms with Gasteiger partial charge in [0.25, 0.3) is 0 Å². The van der Waals surface area contributed by atoms with E-state index in [4.69, 9.17) is 5.26 Å². The molecule has 0 aliphatic heterocycles. The van der Waals surface area contributed by atoms with Gasteiger partial charge in [0.05, 0.1) is 18.2 Å². The minimum atomic E-state index is -4.44. The molecular weight excluding hydrogens is 261 g/mol. The number of halogens is 3. The molecule has 0 saturated heterocycles. The van der Waals surface area contributed by atoms with Gasteiger partial charge in [0.15, 0.2) is 0 Å². The lowest BCUT2D eigenvalue weighted by atomic mass is 10.2. The zero-order chi connectivity index (χ0) is 13.8. The van der Waals surface area contributed by atoms with Crippen LogP contribution in [0.2, 0.25) is 0 Å². The molecule has 0 aliphatic carbocycles. The third-order valence-electron chi connectivity index (χ3n) is 1.96. The highest BCUT2D eigenvalue weighted by Crippen LogP contribution is 2.26. The molecular formula is C12H9F3N2S. The minimum Gasteiger partial charge on any atom is -0.240 e. The molecule has 0 N–H and O–H groups in total. The van der Waals surface area contributed by atoms with Crippen molar-refractivity contribution >= 4 is 16.9 Å². The van der Waals surface area contributed by atoms with Gasteiger partial charge in [-0.2, -0.15) is 18.4 Å². The van der Waals surface area contributed by atoms with Gasteiger partial charge in [0.1, 0.15) is 5.01 Å². The summed E-state index contributed by atoms with van der Waals surface area (Å²) in [5.74, 6) is 0. The maximum Gasteiger partial charge on any atom is 0.415 e. The largest absolute Gasteiger partial charge is 0.415 e. The first-order valence-electron chi connectivity index (χ1n) is 4.79. The molecule has 0 atom stereocenters. The molecule has 0 spiro atoms. The van der Waals surface area contributed by atoms with Crippen molar-refractivity contribution in [1.29, 1.82) is 5.26 Å². The number of hydrogen-bond donors (Lipinski definition) is 0. The first kappa shape index (κ1) is 14.2. The number of alkyl halides is 3. The van der Waals surface area contributed by atoms with Crippen LogP contribution in [0, 0.1) is 11.3 Å². The van der Waals surface area contributed by atoms with E-state index in [-0.39, 0.29) is 6.42 Å². The van der Waals surface area contributed by atoms with Crippen LogP contribution in [0.25, 0.3) is 5.57 Å². The van der Waals surface area contributed by atoms with Crippen molar-refractivity contribution in [3.05, 3.63) is 47.0 Å². The molecule has 0 saturated carbocycles. The summed E-state index contributed by atoms with van der Waals surface area (Å²) >= 11 is 1.27. The molecule has 0 aromatic carbocycles. The second-order valence-electron chi connectivity index (χ2n) is 3.34. The maximum atomic E-state index is 12.2. The van der Waals surface area contributed by atoms with Crippen LogP contribution >= 0.6 is 11.3 Å². The number of thiazole rings is 1. The van der Waals surface area contributed by atoms with E-state index < -0.39 is 11.7 Å². The summed E-state index contributed by atoms with van der Waals surface area (Å²) in [4.78, 5) is 4.07. The normalized spacial score (nSPS) is 11.4. The summed E-state index contributed by atoms with van der Waals surface area (Å²) in [6.07, 6.45) is -2.20. The van der Waals surface area contributed by atoms with Crippen molar-refractivity contribution in [1.82, 2.24) is 4.98 Å². The quantitative estimate of drug-likeness (QED) is 0.778. The number of rotatable bonds is 4. The van der Waals surface area contributed by atoms with E-state index in [1.165, 1.54) is 17.4 Å². The van der Waals surface area contributed by atoms with E-state index >= 15 is 0 Å². The number of aromatic nitrogens is 1. The van der Waals surface area contributed by atoms with Gasteiger partial charge in [-0.3, -0.25) is 0 Å². The lowest BCUT2D eigenvalue weighted by molar-refractivity contribution is -0.0878. The fourth-order valence-electron chi connectivity index (χ4n) is 0.988. The van der Waals surface area contributed by atoms with Crippen LogP contribution in [-0.2, 0) is 6.42 Å². The SMILES string of the molecule is C=C(/C=C\C(=C)C(F)(F)F)c1csc(CC#N)n1. The Morgan fingerprint density at radius 2 is 2.11 bits per heavy atom. The molecule has 0 fully saturated rings. The van der Waals surface area contributed by atoms with Crippen molar-refractivity contribution in [2.24, 2.45) is 0 Å². The molecule has 1 rings (SSSR count). The number of allylic oxidation sites excluding steroid dienone is 4. The van der Waals surface area contributed by atoms with Crippen molar-refractivity contribution < 1.29 is 13.2 Å². The van der Waals surface area contributed by atoms with Gasteiger partial charge in [-0.15, -0.1) is 11.3 Å². The van der Waals surface area contributed by atoms with Gasteiger partial charge in [-0.05, 0) is 11.6 Å². The summed E-state index contributed by atoms with van der Waals surface area (Å²) in [5.41, 5.74) is -0.131. The van der Waals surface area contributed by atoms with Gasteiger partial charge in [-0.25, -0.2) is 4.98 Å². The molecule has 0 unspecified atom stereocenters. The summed E-state index contributed by atoms with van der Waals surface area (Å²) in [6.45, 7) is 6.53. The summed E-state index contributed by atoms with van der Waals surface area (Å²) in [6, 6.07) is 1.94. The Bertz CT molecular complexity index is 532. The van der Waals surface area contributed by atoms with Gasteiger partial charge in [-0.1, -0.05) is 19.2 Å². The highest BCUT2D eigenvalue weighted by molar-refractivity contribution is 7.09. The molecule has 0 bridgehead atoms. The molecule has 1 aromatic heterocycles. The number of nitrogens with zero attached hydrogens (tertiary/aromatic N) is 2. The third kappa shape index (κ3) is 3.86. The molecule has 1 heterocycles. The first-order chi connectivity index (χ1) is 8.34. The third-order valence-corrected chi connectivity index (χ3v) is 2.81. The summed E-state index contributed by atoms with van der Waals surface area (Å²) in [5, 5.41) is 10.7. The Hall–Kier alpha value is -1.87. The second kappa shape index (κ2) is 5.65.